The number of halogens is 1. The van der Waals surface area contributed by atoms with E-state index >= 15 is 0 Å². The van der Waals surface area contributed by atoms with Crippen molar-refractivity contribution in [1.29, 1.82) is 0 Å². The van der Waals surface area contributed by atoms with E-state index in [0.717, 1.165) is 39.1 Å². The maximum Gasteiger partial charge on any atom is 0.336 e. The highest BCUT2D eigenvalue weighted by atomic mass is 35.5. The van der Waals surface area contributed by atoms with E-state index in [0.29, 0.717) is 30.2 Å². The summed E-state index contributed by atoms with van der Waals surface area (Å²) in [6.07, 6.45) is -3.43. The lowest BCUT2D eigenvalue weighted by atomic mass is 9.87. The first-order chi connectivity index (χ1) is 28.9. The van der Waals surface area contributed by atoms with Gasteiger partial charge in [-0.1, -0.05) is 151 Å². The predicted octanol–water partition coefficient (Wildman–Crippen LogP) is 10.4. The Morgan fingerprint density at radius 3 is 1.61 bits per heavy atom. The molecule has 8 nitrogen and oxygen atoms in total. The monoisotopic (exact) mass is 812 g/mol. The van der Waals surface area contributed by atoms with Crippen LogP contribution >= 0.6 is 11.6 Å². The molecule has 1 fully saturated rings. The third kappa shape index (κ3) is 11.5. The number of carbonyl (C=O) groups is 1. The zero-order valence-electron chi connectivity index (χ0n) is 33.0. The maximum atomic E-state index is 13.1. The second-order valence-corrected chi connectivity index (χ2v) is 14.9. The summed E-state index contributed by atoms with van der Waals surface area (Å²) in [5, 5.41) is 11.1. The van der Waals surface area contributed by atoms with Gasteiger partial charge in [0.1, 0.15) is 36.3 Å². The average Bonchev–Trinajstić information content (AvgIpc) is 3.27. The van der Waals surface area contributed by atoms with Gasteiger partial charge in [0.15, 0.2) is 0 Å². The number of ether oxygens (including phenoxy) is 6. The summed E-state index contributed by atoms with van der Waals surface area (Å²) in [6, 6.07) is 50.8. The van der Waals surface area contributed by atoms with Crippen LogP contribution in [0.15, 0.2) is 158 Å². The molecule has 0 spiro atoms. The standard InChI is InChI=1S/C50H49ClO8/c1-2-55-41-25-23-35(24-26-41)27-40-28-42(43(50(52)53)29-44(40)51)46-48(57-32-38-19-11-5-12-20-38)49(58-33-39-21-13-6-14-22-39)47(56-31-37-17-9-4-10-18-37)45(59-46)34-54-30-36-15-7-3-8-16-36/h3-26,28-29,45-49H,2,27,30-34H2,1H3,(H,52,53)/t45-,46+,47-,48+,49+/m1/s1. The molecule has 304 valence electrons. The van der Waals surface area contributed by atoms with Gasteiger partial charge in [-0.05, 0) is 70.5 Å². The molecule has 1 aliphatic rings. The summed E-state index contributed by atoms with van der Waals surface area (Å²) in [4.78, 5) is 13.1. The number of aromatic carboxylic acids is 1. The number of rotatable bonds is 19. The fourth-order valence-electron chi connectivity index (χ4n) is 7.32. The highest BCUT2D eigenvalue weighted by molar-refractivity contribution is 6.31. The molecule has 0 aliphatic carbocycles. The lowest BCUT2D eigenvalue weighted by molar-refractivity contribution is -0.275. The topological polar surface area (TPSA) is 92.7 Å². The predicted molar refractivity (Wildman–Crippen MR) is 228 cm³/mol. The van der Waals surface area contributed by atoms with Gasteiger partial charge in [0, 0.05) is 5.02 Å². The Bertz CT molecular complexity index is 2190. The summed E-state index contributed by atoms with van der Waals surface area (Å²) in [7, 11) is 0. The Balaban J connectivity index is 1.31. The Morgan fingerprint density at radius 2 is 1.10 bits per heavy atom. The van der Waals surface area contributed by atoms with Crippen LogP contribution in [0.4, 0.5) is 0 Å². The van der Waals surface area contributed by atoms with Crippen LogP contribution in [0.1, 0.15) is 62.3 Å². The molecule has 9 heteroatoms. The summed E-state index contributed by atoms with van der Waals surface area (Å²) in [5.41, 5.74) is 6.04. The van der Waals surface area contributed by atoms with E-state index in [-0.39, 0.29) is 32.0 Å². The van der Waals surface area contributed by atoms with Crippen LogP contribution in [0.2, 0.25) is 5.02 Å². The van der Waals surface area contributed by atoms with Crippen molar-refractivity contribution < 1.29 is 38.3 Å². The van der Waals surface area contributed by atoms with Gasteiger partial charge in [0.05, 0.1) is 45.2 Å². The van der Waals surface area contributed by atoms with Crippen molar-refractivity contribution in [3.8, 4) is 5.75 Å². The van der Waals surface area contributed by atoms with Gasteiger partial charge in [-0.3, -0.25) is 0 Å². The summed E-state index contributed by atoms with van der Waals surface area (Å²) >= 11 is 6.89. The highest BCUT2D eigenvalue weighted by Gasteiger charge is 2.50. The molecule has 6 aromatic rings. The van der Waals surface area contributed by atoms with Gasteiger partial charge in [-0.2, -0.15) is 0 Å². The van der Waals surface area contributed by atoms with Crippen LogP contribution < -0.4 is 4.74 Å². The molecule has 0 aromatic heterocycles. The van der Waals surface area contributed by atoms with Crippen LogP contribution in [0.5, 0.6) is 5.75 Å². The van der Waals surface area contributed by atoms with Crippen molar-refractivity contribution in [3.63, 3.8) is 0 Å². The maximum absolute atomic E-state index is 13.1. The molecule has 0 radical (unpaired) electrons. The van der Waals surface area contributed by atoms with Gasteiger partial charge >= 0.3 is 5.97 Å². The van der Waals surface area contributed by atoms with Crippen molar-refractivity contribution in [3.05, 3.63) is 207 Å². The molecule has 0 saturated carbocycles. The average molecular weight is 813 g/mol. The second-order valence-electron chi connectivity index (χ2n) is 14.5. The Morgan fingerprint density at radius 1 is 0.610 bits per heavy atom. The number of carboxylic acids is 1. The summed E-state index contributed by atoms with van der Waals surface area (Å²) in [5.74, 6) is -0.370. The van der Waals surface area contributed by atoms with Crippen LogP contribution in [-0.4, -0.2) is 48.7 Å². The van der Waals surface area contributed by atoms with Gasteiger partial charge in [0.2, 0.25) is 0 Å². The van der Waals surface area contributed by atoms with Crippen molar-refractivity contribution in [2.24, 2.45) is 0 Å². The van der Waals surface area contributed by atoms with E-state index in [1.165, 1.54) is 6.07 Å². The molecule has 0 amide bonds. The van der Waals surface area contributed by atoms with E-state index in [4.69, 9.17) is 40.0 Å². The normalized spacial score (nSPS) is 19.0. The smallest absolute Gasteiger partial charge is 0.336 e. The van der Waals surface area contributed by atoms with Crippen molar-refractivity contribution in [2.45, 2.75) is 70.3 Å². The minimum atomic E-state index is -1.14. The zero-order valence-corrected chi connectivity index (χ0v) is 33.8. The first-order valence-electron chi connectivity index (χ1n) is 20.0. The van der Waals surface area contributed by atoms with Gasteiger partial charge in [-0.25, -0.2) is 4.79 Å². The van der Waals surface area contributed by atoms with E-state index in [9.17, 15) is 9.90 Å². The number of hydrogen-bond acceptors (Lipinski definition) is 7. The largest absolute Gasteiger partial charge is 0.494 e. The van der Waals surface area contributed by atoms with Crippen molar-refractivity contribution in [2.75, 3.05) is 13.2 Å². The van der Waals surface area contributed by atoms with Gasteiger partial charge < -0.3 is 33.5 Å². The molecule has 5 atom stereocenters. The quantitative estimate of drug-likeness (QED) is 0.0864. The molecule has 1 heterocycles. The molecule has 1 N–H and O–H groups in total. The first-order valence-corrected chi connectivity index (χ1v) is 20.3. The lowest BCUT2D eigenvalue weighted by Crippen LogP contribution is -2.58. The van der Waals surface area contributed by atoms with Crippen LogP contribution in [-0.2, 0) is 56.5 Å². The van der Waals surface area contributed by atoms with E-state index < -0.39 is 36.5 Å². The van der Waals surface area contributed by atoms with Crippen LogP contribution in [0.3, 0.4) is 0 Å². The second kappa shape index (κ2) is 21.1. The molecular weight excluding hydrogens is 764 g/mol. The van der Waals surface area contributed by atoms with Crippen molar-refractivity contribution >= 4 is 17.6 Å². The van der Waals surface area contributed by atoms with Gasteiger partial charge in [0.25, 0.3) is 0 Å². The number of hydrogen-bond donors (Lipinski definition) is 1. The van der Waals surface area contributed by atoms with Crippen molar-refractivity contribution in [1.82, 2.24) is 0 Å². The number of carboxylic acid groups (broad SMARTS) is 1. The van der Waals surface area contributed by atoms with E-state index in [2.05, 4.69) is 0 Å². The van der Waals surface area contributed by atoms with Crippen LogP contribution in [0, 0.1) is 0 Å². The molecule has 6 aromatic carbocycles. The molecule has 0 unspecified atom stereocenters. The van der Waals surface area contributed by atoms with Crippen LogP contribution in [0.25, 0.3) is 0 Å². The Kier molecular flexibility index (Phi) is 15.0. The van der Waals surface area contributed by atoms with Gasteiger partial charge in [-0.15, -0.1) is 0 Å². The SMILES string of the molecule is CCOc1ccc(Cc2cc([C@@H]3O[C@H](COCc4ccccc4)[C@@H](OCc4ccccc4)[C@H](OCc4ccccc4)[C@H]3OCc3ccccc3)c(C(=O)O)cc2Cl)cc1. The zero-order chi connectivity index (χ0) is 40.8. The lowest BCUT2D eigenvalue weighted by Gasteiger charge is -2.46. The van der Waals surface area contributed by atoms with E-state index in [1.54, 1.807) is 0 Å². The molecular formula is C50H49ClO8. The third-order valence-electron chi connectivity index (χ3n) is 10.3. The minimum Gasteiger partial charge on any atom is -0.494 e. The fourth-order valence-corrected chi connectivity index (χ4v) is 7.55. The molecule has 0 bridgehead atoms. The number of benzene rings is 6. The Labute approximate surface area is 351 Å². The molecule has 1 aliphatic heterocycles. The third-order valence-corrected chi connectivity index (χ3v) is 10.6. The summed E-state index contributed by atoms with van der Waals surface area (Å²) < 4.78 is 39.8. The Hall–Kier alpha value is -5.32. The minimum absolute atomic E-state index is 0.0122. The molecule has 59 heavy (non-hydrogen) atoms. The summed E-state index contributed by atoms with van der Waals surface area (Å²) in [6.45, 7) is 3.72. The molecule has 7 rings (SSSR count). The first kappa shape index (κ1) is 41.8. The fraction of sp³-hybridized carbons (Fsp3) is 0.260. The van der Waals surface area contributed by atoms with E-state index in [1.807, 2.05) is 159 Å². The molecule has 1 saturated heterocycles. The highest BCUT2D eigenvalue weighted by Crippen LogP contribution is 2.41.